The molecule has 7 rings (SSSR count). The van der Waals surface area contributed by atoms with E-state index in [1.807, 2.05) is 34.7 Å². The Kier molecular flexibility index (Phi) is 4.31. The number of nitrogens with two attached hydrogens (primary N) is 1. The summed E-state index contributed by atoms with van der Waals surface area (Å²) in [7, 11) is 0. The number of aromatic amines is 1. The maximum atomic E-state index is 6.56. The Morgan fingerprint density at radius 1 is 0.857 bits per heavy atom. The number of pyridine rings is 2. The lowest BCUT2D eigenvalue weighted by atomic mass is 9.72. The monoisotopic (exact) mass is 458 g/mol. The zero-order chi connectivity index (χ0) is 23.4. The van der Waals surface area contributed by atoms with Crippen molar-refractivity contribution in [2.45, 2.75) is 24.8 Å². The summed E-state index contributed by atoms with van der Waals surface area (Å²) in [6, 6.07) is 25.0. The summed E-state index contributed by atoms with van der Waals surface area (Å²) < 4.78 is 1.98. The number of H-pyrrole nitrogens is 1. The Morgan fingerprint density at radius 3 is 2.40 bits per heavy atom. The lowest BCUT2D eigenvalue weighted by Crippen LogP contribution is -2.43. The van der Waals surface area contributed by atoms with Crippen molar-refractivity contribution in [3.8, 4) is 33.9 Å². The van der Waals surface area contributed by atoms with E-state index in [1.165, 1.54) is 12.0 Å². The minimum Gasteiger partial charge on any atom is -0.321 e. The fraction of sp³-hybridized carbons (Fsp3) is 0.148. The first-order valence-corrected chi connectivity index (χ1v) is 11.7. The zero-order valence-corrected chi connectivity index (χ0v) is 18.9. The third-order valence-corrected chi connectivity index (χ3v) is 7.06. The van der Waals surface area contributed by atoms with Gasteiger partial charge in [0.25, 0.3) is 0 Å². The Morgan fingerprint density at radius 2 is 1.69 bits per heavy atom. The van der Waals surface area contributed by atoms with Crippen LogP contribution in [-0.2, 0) is 5.54 Å². The molecule has 0 saturated heterocycles. The lowest BCUT2D eigenvalue weighted by Gasteiger charge is -2.38. The molecule has 8 nitrogen and oxygen atoms in total. The van der Waals surface area contributed by atoms with Crippen LogP contribution < -0.4 is 5.73 Å². The van der Waals surface area contributed by atoms with Gasteiger partial charge in [-0.3, -0.25) is 9.50 Å². The van der Waals surface area contributed by atoms with Crippen molar-refractivity contribution in [1.29, 1.82) is 0 Å². The van der Waals surface area contributed by atoms with Crippen LogP contribution in [0.1, 0.15) is 24.8 Å². The number of nitrogens with zero attached hydrogens (tertiary/aromatic N) is 6. The van der Waals surface area contributed by atoms with E-state index in [4.69, 9.17) is 10.7 Å². The molecule has 170 valence electrons. The fourth-order valence-corrected chi connectivity index (χ4v) is 4.95. The van der Waals surface area contributed by atoms with Gasteiger partial charge in [-0.1, -0.05) is 59.8 Å². The van der Waals surface area contributed by atoms with Gasteiger partial charge in [-0.05, 0) is 48.6 Å². The summed E-state index contributed by atoms with van der Waals surface area (Å²) in [5.74, 6) is 0.617. The molecule has 4 heterocycles. The van der Waals surface area contributed by atoms with Crippen LogP contribution in [0.2, 0.25) is 0 Å². The van der Waals surface area contributed by atoms with E-state index in [2.05, 4.69) is 68.1 Å². The lowest BCUT2D eigenvalue weighted by molar-refractivity contribution is 0.253. The average Bonchev–Trinajstić information content (AvgIpc) is 3.57. The van der Waals surface area contributed by atoms with Gasteiger partial charge in [-0.25, -0.2) is 4.98 Å². The van der Waals surface area contributed by atoms with E-state index >= 15 is 0 Å². The highest BCUT2D eigenvalue weighted by Gasteiger charge is 2.34. The quantitative estimate of drug-likeness (QED) is 0.395. The molecule has 0 bridgehead atoms. The predicted octanol–water partition coefficient (Wildman–Crippen LogP) is 4.73. The number of aromatic nitrogens is 7. The molecule has 1 aliphatic carbocycles. The molecule has 0 atom stereocenters. The molecule has 2 aromatic carbocycles. The molecule has 1 aliphatic rings. The number of benzene rings is 2. The van der Waals surface area contributed by atoms with Gasteiger partial charge in [0.1, 0.15) is 0 Å². The molecular weight excluding hydrogens is 436 g/mol. The van der Waals surface area contributed by atoms with E-state index in [0.717, 1.165) is 51.9 Å². The third-order valence-electron chi connectivity index (χ3n) is 7.06. The van der Waals surface area contributed by atoms with Crippen LogP contribution in [0.3, 0.4) is 0 Å². The Labute approximate surface area is 200 Å². The van der Waals surface area contributed by atoms with Gasteiger partial charge in [0.2, 0.25) is 0 Å². The normalized spacial score (nSPS) is 14.9. The minimum absolute atomic E-state index is 0.185. The molecule has 3 N–H and O–H groups in total. The van der Waals surface area contributed by atoms with Crippen molar-refractivity contribution in [3.63, 3.8) is 0 Å². The van der Waals surface area contributed by atoms with Crippen LogP contribution in [0.25, 0.3) is 50.6 Å². The summed E-state index contributed by atoms with van der Waals surface area (Å²) in [6.45, 7) is 0. The van der Waals surface area contributed by atoms with Gasteiger partial charge >= 0.3 is 0 Å². The second-order valence-electron chi connectivity index (χ2n) is 9.15. The summed E-state index contributed by atoms with van der Waals surface area (Å²) in [5, 5.41) is 19.4. The van der Waals surface area contributed by atoms with Crippen molar-refractivity contribution in [2.75, 3.05) is 0 Å². The van der Waals surface area contributed by atoms with Crippen LogP contribution in [0.15, 0.2) is 79.0 Å². The van der Waals surface area contributed by atoms with E-state index in [9.17, 15) is 0 Å². The zero-order valence-electron chi connectivity index (χ0n) is 18.9. The summed E-state index contributed by atoms with van der Waals surface area (Å²) in [4.78, 5) is 5.15. The standard InChI is InChI=1S/C27H22N8/c28-27(13-4-14-27)19-9-7-18(8-10-19)25-20(17-5-2-1-3-6-17)15-23-21(30-25)11-12-24-32-33-26(35(23)24)22-16-29-34-31-22/h1-3,5-12,15-16H,4,13-14,28H2,(H,29,31,34). The molecule has 1 fully saturated rings. The maximum absolute atomic E-state index is 6.56. The topological polar surface area (TPSA) is 111 Å². The van der Waals surface area contributed by atoms with Crippen LogP contribution in [0, 0.1) is 0 Å². The molecule has 35 heavy (non-hydrogen) atoms. The minimum atomic E-state index is -0.185. The molecule has 0 aliphatic heterocycles. The first kappa shape index (κ1) is 20.0. The van der Waals surface area contributed by atoms with Crippen molar-refractivity contribution >= 4 is 16.7 Å². The molecule has 0 radical (unpaired) electrons. The van der Waals surface area contributed by atoms with Gasteiger partial charge in [0, 0.05) is 16.7 Å². The van der Waals surface area contributed by atoms with E-state index in [0.29, 0.717) is 11.5 Å². The van der Waals surface area contributed by atoms with Gasteiger partial charge in [0.15, 0.2) is 17.2 Å². The fourth-order valence-electron chi connectivity index (χ4n) is 4.95. The van der Waals surface area contributed by atoms with Gasteiger partial charge in [-0.2, -0.15) is 0 Å². The van der Waals surface area contributed by atoms with Crippen LogP contribution >= 0.6 is 0 Å². The number of rotatable bonds is 4. The number of hydrogen-bond acceptors (Lipinski definition) is 6. The Balaban J connectivity index is 1.47. The Hall–Kier alpha value is -4.43. The highest BCUT2D eigenvalue weighted by molar-refractivity contribution is 5.91. The maximum Gasteiger partial charge on any atom is 0.191 e. The molecule has 0 amide bonds. The highest BCUT2D eigenvalue weighted by atomic mass is 15.3. The highest BCUT2D eigenvalue weighted by Crippen LogP contribution is 2.40. The first-order valence-electron chi connectivity index (χ1n) is 11.7. The largest absolute Gasteiger partial charge is 0.321 e. The van der Waals surface area contributed by atoms with Crippen LogP contribution in [0.4, 0.5) is 0 Å². The number of fused-ring (bicyclic) bond motifs is 3. The summed E-state index contributed by atoms with van der Waals surface area (Å²) in [6.07, 6.45) is 4.98. The SMILES string of the molecule is NC1(c2ccc(-c3nc4ccc5nnc(-c6c[nH]nn6)n5c4cc3-c3ccccc3)cc2)CCC1. The van der Waals surface area contributed by atoms with Crippen molar-refractivity contribution in [1.82, 2.24) is 35.0 Å². The van der Waals surface area contributed by atoms with Crippen LogP contribution in [0.5, 0.6) is 0 Å². The third kappa shape index (κ3) is 3.14. The molecule has 4 aromatic heterocycles. The number of nitrogens with one attached hydrogen (secondary N) is 1. The number of hydrogen-bond donors (Lipinski definition) is 2. The van der Waals surface area contributed by atoms with Gasteiger partial charge in [-0.15, -0.1) is 15.3 Å². The van der Waals surface area contributed by atoms with Gasteiger partial charge < -0.3 is 5.73 Å². The molecule has 0 unspecified atom stereocenters. The average molecular weight is 459 g/mol. The second kappa shape index (κ2) is 7.54. The molecule has 0 spiro atoms. The van der Waals surface area contributed by atoms with Gasteiger partial charge in [0.05, 0.1) is 22.9 Å². The smallest absolute Gasteiger partial charge is 0.191 e. The summed E-state index contributed by atoms with van der Waals surface area (Å²) >= 11 is 0. The first-order chi connectivity index (χ1) is 17.2. The van der Waals surface area contributed by atoms with Crippen molar-refractivity contribution in [3.05, 3.63) is 84.6 Å². The Bertz CT molecular complexity index is 1660. The predicted molar refractivity (Wildman–Crippen MR) is 134 cm³/mol. The van der Waals surface area contributed by atoms with Crippen molar-refractivity contribution in [2.24, 2.45) is 5.73 Å². The second-order valence-corrected chi connectivity index (χ2v) is 9.15. The van der Waals surface area contributed by atoms with Crippen molar-refractivity contribution < 1.29 is 0 Å². The molecule has 8 heteroatoms. The van der Waals surface area contributed by atoms with E-state index < -0.39 is 0 Å². The van der Waals surface area contributed by atoms with E-state index in [1.54, 1.807) is 6.20 Å². The molecular formula is C27H22N8. The van der Waals surface area contributed by atoms with E-state index in [-0.39, 0.29) is 5.54 Å². The molecule has 1 saturated carbocycles. The molecule has 6 aromatic rings. The van der Waals surface area contributed by atoms with Crippen LogP contribution in [-0.4, -0.2) is 35.0 Å². The summed E-state index contributed by atoms with van der Waals surface area (Å²) in [5.41, 5.74) is 14.8.